The first kappa shape index (κ1) is 11.6. The molecule has 1 rings (SSSR count). The van der Waals surface area contributed by atoms with Crippen molar-refractivity contribution in [1.82, 2.24) is 7.85 Å². The number of hydrogen-bond donors (Lipinski definition) is 0. The van der Waals surface area contributed by atoms with E-state index in [0.29, 0.717) is 6.42 Å². The van der Waals surface area contributed by atoms with E-state index in [1.807, 2.05) is 0 Å². The zero-order chi connectivity index (χ0) is 11.1. The monoisotopic (exact) mass is 326 g/mol. The molecule has 1 aliphatic heterocycles. The molecule has 0 atom stereocenters. The number of imide groups is 2. The predicted octanol–water partition coefficient (Wildman–Crippen LogP) is 1.81. The Morgan fingerprint density at radius 3 is 1.79 bits per heavy atom. The van der Waals surface area contributed by atoms with Crippen molar-refractivity contribution >= 4 is 50.1 Å². The third-order valence-corrected chi connectivity index (χ3v) is 3.59. The quantitative estimate of drug-likeness (QED) is 0.545. The molecule has 0 aromatic carbocycles. The molecule has 1 heterocycles. The third kappa shape index (κ3) is 1.38. The molecule has 5 nitrogen and oxygen atoms in total. The van der Waals surface area contributed by atoms with Crippen molar-refractivity contribution in [3.05, 3.63) is 0 Å². The maximum Gasteiger partial charge on any atom is 0.354 e. The van der Waals surface area contributed by atoms with Gasteiger partial charge in [0.15, 0.2) is 0 Å². The summed E-state index contributed by atoms with van der Waals surface area (Å²) >= 11 is 5.63. The van der Waals surface area contributed by atoms with Crippen molar-refractivity contribution in [2.45, 2.75) is 20.3 Å². The van der Waals surface area contributed by atoms with Crippen LogP contribution in [0, 0.1) is 5.41 Å². The minimum absolute atomic E-state index is 0.335. The molecule has 0 bridgehead atoms. The number of rotatable bonds is 1. The van der Waals surface area contributed by atoms with Crippen molar-refractivity contribution < 1.29 is 14.4 Å². The van der Waals surface area contributed by atoms with Gasteiger partial charge in [-0.05, 0) is 13.3 Å². The number of halogens is 2. The van der Waals surface area contributed by atoms with E-state index in [1.54, 1.807) is 6.92 Å². The summed E-state index contributed by atoms with van der Waals surface area (Å²) in [6.45, 7) is 3.22. The van der Waals surface area contributed by atoms with Crippen LogP contribution in [0.2, 0.25) is 0 Å². The smallest absolute Gasteiger partial charge is 0.272 e. The lowest BCUT2D eigenvalue weighted by atomic mass is 9.84. The van der Waals surface area contributed by atoms with Crippen molar-refractivity contribution in [3.8, 4) is 0 Å². The normalized spacial score (nSPS) is 21.9. The average Bonchev–Trinajstić information content (AvgIpc) is 2.21. The number of amides is 4. The van der Waals surface area contributed by atoms with Crippen LogP contribution in [0.4, 0.5) is 4.79 Å². The van der Waals surface area contributed by atoms with Crippen molar-refractivity contribution in [3.63, 3.8) is 0 Å². The fourth-order valence-electron chi connectivity index (χ4n) is 1.08. The maximum absolute atomic E-state index is 11.6. The molecule has 0 aromatic heterocycles. The number of barbiturate groups is 1. The van der Waals surface area contributed by atoms with Gasteiger partial charge in [0.1, 0.15) is 5.41 Å². The summed E-state index contributed by atoms with van der Waals surface area (Å²) in [7, 11) is 0. The number of urea groups is 1. The van der Waals surface area contributed by atoms with E-state index in [2.05, 4.69) is 32.3 Å². The summed E-state index contributed by atoms with van der Waals surface area (Å²) in [5, 5.41) is 0. The molecule has 0 aromatic rings. The predicted molar refractivity (Wildman–Crippen MR) is 55.3 cm³/mol. The van der Waals surface area contributed by atoms with Crippen LogP contribution in [0.5, 0.6) is 0 Å². The Morgan fingerprint density at radius 1 is 1.14 bits per heavy atom. The lowest BCUT2D eigenvalue weighted by Gasteiger charge is -2.36. The molecule has 7 heteroatoms. The van der Waals surface area contributed by atoms with Gasteiger partial charge in [-0.3, -0.25) is 9.59 Å². The fourth-order valence-corrected chi connectivity index (χ4v) is 2.39. The molecule has 0 aliphatic carbocycles. The van der Waals surface area contributed by atoms with Gasteiger partial charge in [0.05, 0.1) is 32.3 Å². The van der Waals surface area contributed by atoms with E-state index in [-0.39, 0.29) is 0 Å². The highest BCUT2D eigenvalue weighted by molar-refractivity contribution is 9.08. The first-order chi connectivity index (χ1) is 6.36. The molecule has 0 unspecified atom stereocenters. The Hall–Kier alpha value is -0.430. The molecule has 0 saturated carbocycles. The average molecular weight is 328 g/mol. The number of nitrogens with zero attached hydrogens (tertiary/aromatic N) is 2. The Kier molecular flexibility index (Phi) is 3.01. The first-order valence-electron chi connectivity index (χ1n) is 3.91. The first-order valence-corrected chi connectivity index (χ1v) is 5.32. The van der Waals surface area contributed by atoms with Crippen LogP contribution < -0.4 is 0 Å². The summed E-state index contributed by atoms with van der Waals surface area (Å²) in [5.41, 5.74) is -1.18. The van der Waals surface area contributed by atoms with Crippen LogP contribution in [-0.2, 0) is 9.59 Å². The summed E-state index contributed by atoms with van der Waals surface area (Å²) in [6.07, 6.45) is 0.335. The van der Waals surface area contributed by atoms with Gasteiger partial charge in [0.2, 0.25) is 0 Å². The summed E-state index contributed by atoms with van der Waals surface area (Å²) < 4.78 is 1.51. The van der Waals surface area contributed by atoms with E-state index in [4.69, 9.17) is 0 Å². The second-order valence-corrected chi connectivity index (χ2v) is 4.56. The van der Waals surface area contributed by atoms with E-state index in [9.17, 15) is 14.4 Å². The molecule has 14 heavy (non-hydrogen) atoms. The minimum atomic E-state index is -1.18. The van der Waals surface area contributed by atoms with Gasteiger partial charge in [-0.25, -0.2) is 4.79 Å². The highest BCUT2D eigenvalue weighted by Crippen LogP contribution is 2.35. The van der Waals surface area contributed by atoms with Gasteiger partial charge in [0, 0.05) is 0 Å². The number of hydrogen-bond acceptors (Lipinski definition) is 3. The van der Waals surface area contributed by atoms with Crippen molar-refractivity contribution in [2.24, 2.45) is 5.41 Å². The SMILES string of the molecule is CCC1(C)C(=O)N(Br)C(=O)N(Br)C1=O. The van der Waals surface area contributed by atoms with Crippen molar-refractivity contribution in [2.75, 3.05) is 0 Å². The lowest BCUT2D eigenvalue weighted by molar-refractivity contribution is -0.149. The Bertz CT molecular complexity index is 294. The van der Waals surface area contributed by atoms with Gasteiger partial charge in [-0.1, -0.05) is 6.92 Å². The topological polar surface area (TPSA) is 57.7 Å². The van der Waals surface area contributed by atoms with Gasteiger partial charge >= 0.3 is 6.03 Å². The zero-order valence-electron chi connectivity index (χ0n) is 7.58. The second-order valence-electron chi connectivity index (χ2n) is 3.14. The zero-order valence-corrected chi connectivity index (χ0v) is 10.8. The molecule has 4 amide bonds. The van der Waals surface area contributed by atoms with E-state index >= 15 is 0 Å². The minimum Gasteiger partial charge on any atom is -0.272 e. The molecule has 1 saturated heterocycles. The largest absolute Gasteiger partial charge is 0.354 e. The van der Waals surface area contributed by atoms with Crippen LogP contribution in [0.15, 0.2) is 0 Å². The molecule has 1 aliphatic rings. The molecule has 78 valence electrons. The van der Waals surface area contributed by atoms with Crippen LogP contribution in [0.3, 0.4) is 0 Å². The Balaban J connectivity index is 3.17. The van der Waals surface area contributed by atoms with E-state index in [1.165, 1.54) is 6.92 Å². The highest BCUT2D eigenvalue weighted by atomic mass is 79.9. The van der Waals surface area contributed by atoms with Gasteiger partial charge < -0.3 is 0 Å². The summed E-state index contributed by atoms with van der Waals surface area (Å²) in [4.78, 5) is 34.5. The van der Waals surface area contributed by atoms with Crippen LogP contribution in [0.1, 0.15) is 20.3 Å². The van der Waals surface area contributed by atoms with E-state index in [0.717, 1.165) is 7.85 Å². The Morgan fingerprint density at radius 2 is 1.50 bits per heavy atom. The molecule has 0 N–H and O–H groups in total. The molecule has 0 spiro atoms. The van der Waals surface area contributed by atoms with Gasteiger partial charge in [0.25, 0.3) is 11.8 Å². The summed E-state index contributed by atoms with van der Waals surface area (Å²) in [5.74, 6) is -1.07. The van der Waals surface area contributed by atoms with Crippen LogP contribution in [-0.4, -0.2) is 25.7 Å². The lowest BCUT2D eigenvalue weighted by Crippen LogP contribution is -2.58. The van der Waals surface area contributed by atoms with Gasteiger partial charge in [-0.2, -0.15) is 7.85 Å². The highest BCUT2D eigenvalue weighted by Gasteiger charge is 2.52. The van der Waals surface area contributed by atoms with Crippen LogP contribution in [0.25, 0.3) is 0 Å². The maximum atomic E-state index is 11.6. The molecular weight excluding hydrogens is 320 g/mol. The number of carbonyl (C=O) groups is 3. The molecule has 0 radical (unpaired) electrons. The van der Waals surface area contributed by atoms with E-state index < -0.39 is 23.3 Å². The molecular formula is C7H8Br2N2O3. The fraction of sp³-hybridized carbons (Fsp3) is 0.571. The van der Waals surface area contributed by atoms with Gasteiger partial charge in [-0.15, -0.1) is 0 Å². The second kappa shape index (κ2) is 3.62. The number of carbonyl (C=O) groups excluding carboxylic acids is 3. The van der Waals surface area contributed by atoms with Crippen molar-refractivity contribution in [1.29, 1.82) is 0 Å². The third-order valence-electron chi connectivity index (χ3n) is 2.34. The summed E-state index contributed by atoms with van der Waals surface area (Å²) in [6, 6.07) is -0.731. The van der Waals surface area contributed by atoms with Crippen LogP contribution >= 0.6 is 32.3 Å². The molecule has 1 fully saturated rings. The Labute approximate surface area is 98.1 Å². The standard InChI is InChI=1S/C7H8Br2N2O3/c1-3-7(2)4(12)10(8)6(14)11(9)5(7)13/h3H2,1-2H3.